The highest BCUT2D eigenvalue weighted by atomic mass is 16.5. The molecular formula is C11H20N2O. The largest absolute Gasteiger partial charge is 0.473 e. The number of aromatic nitrogens is 2. The number of hydrogen-bond donors (Lipinski definition) is 0. The number of ether oxygens (including phenoxy) is 1. The van der Waals surface area contributed by atoms with Gasteiger partial charge < -0.3 is 4.74 Å². The Morgan fingerprint density at radius 1 is 1.43 bits per heavy atom. The van der Waals surface area contributed by atoms with Crippen molar-refractivity contribution in [2.75, 3.05) is 0 Å². The Morgan fingerprint density at radius 3 is 2.57 bits per heavy atom. The van der Waals surface area contributed by atoms with Crippen molar-refractivity contribution in [2.24, 2.45) is 13.0 Å². The molecule has 0 saturated heterocycles. The van der Waals surface area contributed by atoms with Crippen molar-refractivity contribution in [3.63, 3.8) is 0 Å². The lowest BCUT2D eigenvalue weighted by atomic mass is 10.00. The summed E-state index contributed by atoms with van der Waals surface area (Å²) in [5.74, 6) is 1.32. The zero-order valence-corrected chi connectivity index (χ0v) is 9.53. The van der Waals surface area contributed by atoms with Crippen LogP contribution in [0.2, 0.25) is 0 Å². The topological polar surface area (TPSA) is 27.1 Å². The Hall–Kier alpha value is -0.990. The van der Waals surface area contributed by atoms with Gasteiger partial charge in [-0.25, -0.2) is 0 Å². The summed E-state index contributed by atoms with van der Waals surface area (Å²) in [6.45, 7) is 6.56. The molecule has 80 valence electrons. The predicted octanol–water partition coefficient (Wildman–Crippen LogP) is 2.62. The first-order valence-electron chi connectivity index (χ1n) is 5.33. The molecule has 0 radical (unpaired) electrons. The fraction of sp³-hybridized carbons (Fsp3) is 0.727. The molecule has 3 heteroatoms. The molecular weight excluding hydrogens is 176 g/mol. The highest BCUT2D eigenvalue weighted by Gasteiger charge is 2.16. The van der Waals surface area contributed by atoms with Crippen LogP contribution in [0.5, 0.6) is 5.88 Å². The monoisotopic (exact) mass is 196 g/mol. The highest BCUT2D eigenvalue weighted by molar-refractivity contribution is 5.06. The lowest BCUT2D eigenvalue weighted by Crippen LogP contribution is -2.23. The molecule has 0 aliphatic carbocycles. The molecule has 3 nitrogen and oxygen atoms in total. The molecule has 0 spiro atoms. The maximum atomic E-state index is 5.81. The molecule has 0 fully saturated rings. The summed E-state index contributed by atoms with van der Waals surface area (Å²) in [5, 5.41) is 4.21. The summed E-state index contributed by atoms with van der Waals surface area (Å²) in [6, 6.07) is 1.91. The van der Waals surface area contributed by atoms with E-state index in [0.717, 1.165) is 18.7 Å². The minimum atomic E-state index is 0.287. The van der Waals surface area contributed by atoms with Gasteiger partial charge in [0, 0.05) is 19.3 Å². The van der Waals surface area contributed by atoms with Gasteiger partial charge >= 0.3 is 0 Å². The Morgan fingerprint density at radius 2 is 2.14 bits per heavy atom. The fourth-order valence-corrected chi connectivity index (χ4v) is 1.48. The molecule has 0 bridgehead atoms. The zero-order valence-electron chi connectivity index (χ0n) is 9.53. The van der Waals surface area contributed by atoms with Crippen LogP contribution >= 0.6 is 0 Å². The van der Waals surface area contributed by atoms with Gasteiger partial charge in [-0.3, -0.25) is 4.68 Å². The summed E-state index contributed by atoms with van der Waals surface area (Å²) in [6.07, 6.45) is 4.37. The molecule has 1 aromatic rings. The van der Waals surface area contributed by atoms with E-state index in [4.69, 9.17) is 4.74 Å². The van der Waals surface area contributed by atoms with Gasteiger partial charge in [0.2, 0.25) is 5.88 Å². The maximum absolute atomic E-state index is 5.81. The summed E-state index contributed by atoms with van der Waals surface area (Å²) < 4.78 is 7.57. The molecule has 2 atom stereocenters. The van der Waals surface area contributed by atoms with Crippen LogP contribution in [0.25, 0.3) is 0 Å². The van der Waals surface area contributed by atoms with Gasteiger partial charge in [0.1, 0.15) is 6.10 Å². The number of aryl methyl sites for hydroxylation is 1. The molecule has 1 heterocycles. The van der Waals surface area contributed by atoms with Crippen molar-refractivity contribution in [3.8, 4) is 5.88 Å². The van der Waals surface area contributed by atoms with E-state index in [0.29, 0.717) is 5.92 Å². The lowest BCUT2D eigenvalue weighted by Gasteiger charge is -2.21. The van der Waals surface area contributed by atoms with Gasteiger partial charge in [0.15, 0.2) is 0 Å². The first-order chi connectivity index (χ1) is 6.67. The molecule has 0 aliphatic rings. The Balaban J connectivity index is 2.56. The van der Waals surface area contributed by atoms with Crippen molar-refractivity contribution in [1.29, 1.82) is 0 Å². The molecule has 14 heavy (non-hydrogen) atoms. The van der Waals surface area contributed by atoms with E-state index >= 15 is 0 Å². The number of nitrogens with zero attached hydrogens (tertiary/aromatic N) is 2. The molecule has 0 saturated carbocycles. The molecule has 0 unspecified atom stereocenters. The fourth-order valence-electron chi connectivity index (χ4n) is 1.48. The van der Waals surface area contributed by atoms with Crippen LogP contribution in [-0.4, -0.2) is 15.9 Å². The second kappa shape index (κ2) is 5.03. The third-order valence-corrected chi connectivity index (χ3v) is 2.64. The average Bonchev–Trinajstić information content (AvgIpc) is 2.59. The van der Waals surface area contributed by atoms with Gasteiger partial charge in [-0.1, -0.05) is 27.2 Å². The highest BCUT2D eigenvalue weighted by Crippen LogP contribution is 2.17. The quantitative estimate of drug-likeness (QED) is 0.724. The maximum Gasteiger partial charge on any atom is 0.232 e. The molecule has 0 aromatic carbocycles. The van der Waals surface area contributed by atoms with E-state index in [-0.39, 0.29) is 6.10 Å². The van der Waals surface area contributed by atoms with E-state index in [1.165, 1.54) is 0 Å². The number of hydrogen-bond acceptors (Lipinski definition) is 2. The second-order valence-corrected chi connectivity index (χ2v) is 3.78. The van der Waals surface area contributed by atoms with Gasteiger partial charge in [-0.2, -0.15) is 0 Å². The van der Waals surface area contributed by atoms with Gasteiger partial charge in [-0.05, 0) is 12.3 Å². The van der Waals surface area contributed by atoms with Crippen molar-refractivity contribution in [1.82, 2.24) is 9.78 Å². The van der Waals surface area contributed by atoms with Crippen LogP contribution in [0.1, 0.15) is 33.6 Å². The second-order valence-electron chi connectivity index (χ2n) is 3.78. The standard InChI is InChI=1S/C11H20N2O/c1-5-9(3)10(6-2)14-11-7-8-13(4)12-11/h7-10H,5-6H2,1-4H3/t9-,10-/m1/s1. The first kappa shape index (κ1) is 11.1. The Kier molecular flexibility index (Phi) is 3.98. The lowest BCUT2D eigenvalue weighted by molar-refractivity contribution is 0.129. The van der Waals surface area contributed by atoms with Crippen LogP contribution in [0.4, 0.5) is 0 Å². The van der Waals surface area contributed by atoms with E-state index in [1.807, 2.05) is 19.3 Å². The van der Waals surface area contributed by atoms with Gasteiger partial charge in [0.25, 0.3) is 0 Å². The average molecular weight is 196 g/mol. The van der Waals surface area contributed by atoms with Crippen LogP contribution in [-0.2, 0) is 7.05 Å². The van der Waals surface area contributed by atoms with Crippen molar-refractivity contribution >= 4 is 0 Å². The molecule has 0 aliphatic heterocycles. The van der Waals surface area contributed by atoms with Crippen molar-refractivity contribution in [2.45, 2.75) is 39.7 Å². The van der Waals surface area contributed by atoms with Crippen molar-refractivity contribution in [3.05, 3.63) is 12.3 Å². The van der Waals surface area contributed by atoms with Gasteiger partial charge in [0.05, 0.1) is 0 Å². The van der Waals surface area contributed by atoms with E-state index in [1.54, 1.807) is 4.68 Å². The van der Waals surface area contributed by atoms with E-state index in [2.05, 4.69) is 25.9 Å². The molecule has 0 N–H and O–H groups in total. The van der Waals surface area contributed by atoms with Gasteiger partial charge in [-0.15, -0.1) is 5.10 Å². The summed E-state index contributed by atoms with van der Waals surface area (Å²) in [5.41, 5.74) is 0. The van der Waals surface area contributed by atoms with E-state index in [9.17, 15) is 0 Å². The first-order valence-corrected chi connectivity index (χ1v) is 5.33. The summed E-state index contributed by atoms with van der Waals surface area (Å²) in [7, 11) is 1.90. The van der Waals surface area contributed by atoms with Crippen LogP contribution in [0.3, 0.4) is 0 Å². The van der Waals surface area contributed by atoms with E-state index < -0.39 is 0 Å². The molecule has 0 amide bonds. The minimum Gasteiger partial charge on any atom is -0.473 e. The summed E-state index contributed by atoms with van der Waals surface area (Å²) >= 11 is 0. The predicted molar refractivity (Wildman–Crippen MR) is 57.4 cm³/mol. The zero-order chi connectivity index (χ0) is 10.6. The SMILES string of the molecule is CC[C@@H](C)[C@@H](CC)Oc1ccn(C)n1. The molecule has 1 rings (SSSR count). The van der Waals surface area contributed by atoms with Crippen LogP contribution in [0, 0.1) is 5.92 Å². The van der Waals surface area contributed by atoms with Crippen molar-refractivity contribution < 1.29 is 4.74 Å². The summed E-state index contributed by atoms with van der Waals surface area (Å²) in [4.78, 5) is 0. The Labute approximate surface area is 86.1 Å². The third kappa shape index (κ3) is 2.76. The molecule has 1 aromatic heterocycles. The Bertz CT molecular complexity index is 270. The minimum absolute atomic E-state index is 0.287. The van der Waals surface area contributed by atoms with Crippen LogP contribution in [0.15, 0.2) is 12.3 Å². The normalized spacial score (nSPS) is 15.1. The smallest absolute Gasteiger partial charge is 0.232 e. The third-order valence-electron chi connectivity index (χ3n) is 2.64. The van der Waals surface area contributed by atoms with Crippen LogP contribution < -0.4 is 4.74 Å². The number of rotatable bonds is 5.